The number of carbonyl (C=O) groups is 1. The number of anilines is 1. The lowest BCUT2D eigenvalue weighted by molar-refractivity contribution is -0.384. The zero-order chi connectivity index (χ0) is 23.7. The van der Waals surface area contributed by atoms with Crippen LogP contribution in [0.4, 0.5) is 11.4 Å². The van der Waals surface area contributed by atoms with Gasteiger partial charge in [0, 0.05) is 44.0 Å². The molecule has 3 aromatic rings. The van der Waals surface area contributed by atoms with Gasteiger partial charge in [-0.05, 0) is 54.6 Å². The minimum Gasteiger partial charge on any atom is -0.456 e. The molecule has 0 N–H and O–H groups in total. The predicted octanol–water partition coefficient (Wildman–Crippen LogP) is 4.96. The van der Waals surface area contributed by atoms with Crippen LogP contribution in [0.1, 0.15) is 11.3 Å². The number of amides is 1. The second-order valence-electron chi connectivity index (χ2n) is 8.10. The van der Waals surface area contributed by atoms with E-state index in [1.807, 2.05) is 0 Å². The molecule has 9 heteroatoms. The summed E-state index contributed by atoms with van der Waals surface area (Å²) in [5.41, 5.74) is 2.81. The summed E-state index contributed by atoms with van der Waals surface area (Å²) < 4.78 is 5.81. The van der Waals surface area contributed by atoms with Crippen LogP contribution in [0.5, 0.6) is 0 Å². The van der Waals surface area contributed by atoms with Crippen molar-refractivity contribution in [3.8, 4) is 11.3 Å². The molecule has 0 unspecified atom stereocenters. The Balaban J connectivity index is 1.26. The summed E-state index contributed by atoms with van der Waals surface area (Å²) in [6, 6.07) is 18.2. The van der Waals surface area contributed by atoms with Gasteiger partial charge < -0.3 is 14.2 Å². The van der Waals surface area contributed by atoms with Crippen LogP contribution in [0.25, 0.3) is 17.4 Å². The van der Waals surface area contributed by atoms with Gasteiger partial charge in [0.1, 0.15) is 11.5 Å². The summed E-state index contributed by atoms with van der Waals surface area (Å²) in [6.07, 6.45) is 1.64. The van der Waals surface area contributed by atoms with Crippen molar-refractivity contribution in [1.82, 2.24) is 4.90 Å². The van der Waals surface area contributed by atoms with Crippen molar-refractivity contribution in [3.63, 3.8) is 0 Å². The Labute approximate surface area is 200 Å². The molecule has 1 saturated heterocycles. The Morgan fingerprint density at radius 2 is 1.79 bits per heavy atom. The summed E-state index contributed by atoms with van der Waals surface area (Å²) in [5.74, 6) is 0.525. The summed E-state index contributed by atoms with van der Waals surface area (Å²) in [7, 11) is 0. The fourth-order valence-corrected chi connectivity index (χ4v) is 5.00. The third-order valence-electron chi connectivity index (χ3n) is 5.79. The first-order valence-corrected chi connectivity index (χ1v) is 11.7. The van der Waals surface area contributed by atoms with Crippen molar-refractivity contribution < 1.29 is 14.1 Å². The first-order chi connectivity index (χ1) is 16.5. The zero-order valence-electron chi connectivity index (χ0n) is 18.5. The molecule has 0 aliphatic carbocycles. The van der Waals surface area contributed by atoms with Gasteiger partial charge in [-0.3, -0.25) is 14.9 Å². The molecule has 1 amide bonds. The molecule has 0 atom stereocenters. The molecule has 0 radical (unpaired) electrons. The van der Waals surface area contributed by atoms with E-state index >= 15 is 0 Å². The van der Waals surface area contributed by atoms with Crippen molar-refractivity contribution >= 4 is 40.3 Å². The number of hydrogen-bond donors (Lipinski definition) is 0. The zero-order valence-corrected chi connectivity index (χ0v) is 19.3. The summed E-state index contributed by atoms with van der Waals surface area (Å²) >= 11 is 1.33. The van der Waals surface area contributed by atoms with E-state index in [1.54, 1.807) is 36.4 Å². The van der Waals surface area contributed by atoms with Gasteiger partial charge in [0.2, 0.25) is 0 Å². The first kappa shape index (κ1) is 22.0. The third kappa shape index (κ3) is 4.47. The van der Waals surface area contributed by atoms with Gasteiger partial charge in [-0.1, -0.05) is 24.3 Å². The fraction of sp³-hybridized carbons (Fsp3) is 0.200. The van der Waals surface area contributed by atoms with E-state index in [1.165, 1.54) is 29.1 Å². The molecule has 8 nitrogen and oxygen atoms in total. The maximum absolute atomic E-state index is 12.5. The molecule has 1 aromatic heterocycles. The van der Waals surface area contributed by atoms with Crippen LogP contribution in [0.15, 0.2) is 75.0 Å². The highest BCUT2D eigenvalue weighted by Crippen LogP contribution is 2.34. The van der Waals surface area contributed by atoms with Gasteiger partial charge in [-0.15, -0.1) is 0 Å². The number of thioether (sulfide) groups is 1. The van der Waals surface area contributed by atoms with Crippen LogP contribution >= 0.6 is 11.8 Å². The van der Waals surface area contributed by atoms with Crippen LogP contribution in [0.3, 0.4) is 0 Å². The molecular formula is C25H22N4O4S. The van der Waals surface area contributed by atoms with Crippen molar-refractivity contribution in [2.75, 3.05) is 31.1 Å². The van der Waals surface area contributed by atoms with Gasteiger partial charge in [0.05, 0.1) is 15.4 Å². The smallest absolute Gasteiger partial charge is 0.286 e. The minimum atomic E-state index is -0.439. The van der Waals surface area contributed by atoms with Crippen LogP contribution < -0.4 is 4.90 Å². The predicted molar refractivity (Wildman–Crippen MR) is 134 cm³/mol. The topological polar surface area (TPSA) is 92.2 Å². The minimum absolute atomic E-state index is 0.0298. The van der Waals surface area contributed by atoms with Gasteiger partial charge >= 0.3 is 0 Å². The molecule has 5 rings (SSSR count). The second kappa shape index (κ2) is 9.18. The van der Waals surface area contributed by atoms with Crippen molar-refractivity contribution in [3.05, 3.63) is 87.0 Å². The lowest BCUT2D eigenvalue weighted by atomic mass is 10.1. The maximum atomic E-state index is 12.5. The van der Waals surface area contributed by atoms with E-state index in [0.29, 0.717) is 27.2 Å². The highest BCUT2D eigenvalue weighted by Gasteiger charge is 2.29. The van der Waals surface area contributed by atoms with E-state index in [-0.39, 0.29) is 11.6 Å². The average Bonchev–Trinajstić information content (AvgIpc) is 3.46. The van der Waals surface area contributed by atoms with E-state index in [9.17, 15) is 14.9 Å². The number of nitrogens with zero attached hydrogens (tertiary/aromatic N) is 4. The van der Waals surface area contributed by atoms with Crippen molar-refractivity contribution in [2.24, 2.45) is 4.99 Å². The monoisotopic (exact) mass is 474 g/mol. The molecule has 0 saturated carbocycles. The van der Waals surface area contributed by atoms with Crippen molar-refractivity contribution in [2.45, 2.75) is 6.92 Å². The Hall–Kier alpha value is -3.85. The highest BCUT2D eigenvalue weighted by molar-refractivity contribution is 8.18. The number of rotatable bonds is 4. The number of carbonyl (C=O) groups excluding carboxylic acids is 1. The van der Waals surface area contributed by atoms with Gasteiger partial charge in [0.15, 0.2) is 5.17 Å². The summed E-state index contributed by atoms with van der Waals surface area (Å²) in [5, 5.41) is 12.0. The molecule has 2 aromatic carbocycles. The molecule has 172 valence electrons. The largest absolute Gasteiger partial charge is 0.456 e. The number of aliphatic imine (C=N–C) groups is 1. The number of aryl methyl sites for hydroxylation is 1. The molecule has 0 bridgehead atoms. The summed E-state index contributed by atoms with van der Waals surface area (Å²) in [4.78, 5) is 32.6. The lowest BCUT2D eigenvalue weighted by Gasteiger charge is -2.36. The number of nitro benzene ring substituents is 1. The van der Waals surface area contributed by atoms with E-state index in [2.05, 4.69) is 46.0 Å². The van der Waals surface area contributed by atoms with E-state index < -0.39 is 4.92 Å². The van der Waals surface area contributed by atoms with E-state index in [4.69, 9.17) is 4.42 Å². The SMILES string of the molecule is Cc1cccc(N2CCN(C3=NC(=O)/C(=C\c4ccc(-c5ccccc5[N+](=O)[O-])o4)S3)CC2)c1. The van der Waals surface area contributed by atoms with Crippen LogP contribution in [-0.2, 0) is 4.79 Å². The maximum Gasteiger partial charge on any atom is 0.286 e. The molecule has 2 aliphatic heterocycles. The van der Waals surface area contributed by atoms with Gasteiger partial charge in [0.25, 0.3) is 11.6 Å². The third-order valence-corrected chi connectivity index (χ3v) is 6.84. The van der Waals surface area contributed by atoms with Gasteiger partial charge in [-0.2, -0.15) is 4.99 Å². The summed E-state index contributed by atoms with van der Waals surface area (Å²) in [6.45, 7) is 5.36. The van der Waals surface area contributed by atoms with Gasteiger partial charge in [-0.25, -0.2) is 0 Å². The molecule has 3 heterocycles. The Morgan fingerprint density at radius 1 is 1.03 bits per heavy atom. The Kier molecular flexibility index (Phi) is 5.93. The Bertz CT molecular complexity index is 1320. The van der Waals surface area contributed by atoms with Crippen LogP contribution in [0.2, 0.25) is 0 Å². The second-order valence-corrected chi connectivity index (χ2v) is 9.11. The number of nitro groups is 1. The molecule has 0 spiro atoms. The first-order valence-electron chi connectivity index (χ1n) is 10.9. The Morgan fingerprint density at radius 3 is 2.56 bits per heavy atom. The lowest BCUT2D eigenvalue weighted by Crippen LogP contribution is -2.47. The molecule has 1 fully saturated rings. The number of benzene rings is 2. The number of furan rings is 1. The fourth-order valence-electron chi connectivity index (χ4n) is 4.06. The normalized spacial score (nSPS) is 17.4. The van der Waals surface area contributed by atoms with Crippen LogP contribution in [0, 0.1) is 17.0 Å². The number of amidine groups is 1. The molecular weight excluding hydrogens is 452 g/mol. The highest BCUT2D eigenvalue weighted by atomic mass is 32.2. The van der Waals surface area contributed by atoms with Crippen LogP contribution in [-0.4, -0.2) is 47.1 Å². The van der Waals surface area contributed by atoms with Crippen molar-refractivity contribution in [1.29, 1.82) is 0 Å². The molecule has 34 heavy (non-hydrogen) atoms. The quantitative estimate of drug-likeness (QED) is 0.300. The average molecular weight is 475 g/mol. The standard InChI is InChI=1S/C25H22N4O4S/c1-17-5-4-6-18(15-17)27-11-13-28(14-12-27)25-26-24(30)23(34-25)16-19-9-10-22(33-19)20-7-2-3-8-21(20)29(31)32/h2-10,15-16H,11-14H2,1H3/b23-16+. The number of piperazine rings is 1. The number of hydrogen-bond acceptors (Lipinski definition) is 7. The number of para-hydroxylation sites is 1. The molecule has 2 aliphatic rings. The van der Waals surface area contributed by atoms with E-state index in [0.717, 1.165) is 26.2 Å².